The summed E-state index contributed by atoms with van der Waals surface area (Å²) in [5, 5.41) is 10.6. The first-order valence-electron chi connectivity index (χ1n) is 9.34. The highest BCUT2D eigenvalue weighted by atomic mass is 32.2. The quantitative estimate of drug-likeness (QED) is 0.386. The van der Waals surface area contributed by atoms with Crippen molar-refractivity contribution in [3.8, 4) is 0 Å². The molecule has 0 aliphatic heterocycles. The molecule has 0 bridgehead atoms. The summed E-state index contributed by atoms with van der Waals surface area (Å²) in [4.78, 5) is 28.6. The van der Waals surface area contributed by atoms with Gasteiger partial charge in [0.25, 0.3) is 0 Å². The van der Waals surface area contributed by atoms with Crippen LogP contribution in [-0.2, 0) is 14.8 Å². The van der Waals surface area contributed by atoms with Crippen LogP contribution < -0.4 is 4.72 Å². The zero-order chi connectivity index (χ0) is 21.3. The van der Waals surface area contributed by atoms with E-state index in [2.05, 4.69) is 9.71 Å². The topological polar surface area (TPSA) is 118 Å². The number of carboxylic acid groups (broad SMARTS) is 1. The molecule has 156 valence electrons. The summed E-state index contributed by atoms with van der Waals surface area (Å²) in [6.07, 6.45) is 7.07. The van der Waals surface area contributed by atoms with E-state index in [-0.39, 0.29) is 23.6 Å². The van der Waals surface area contributed by atoms with Gasteiger partial charge in [0, 0.05) is 29.6 Å². The van der Waals surface area contributed by atoms with Crippen molar-refractivity contribution in [3.63, 3.8) is 0 Å². The van der Waals surface area contributed by atoms with Gasteiger partial charge in [0.1, 0.15) is 0 Å². The Labute approximate surface area is 176 Å². The van der Waals surface area contributed by atoms with E-state index in [0.29, 0.717) is 11.5 Å². The van der Waals surface area contributed by atoms with Gasteiger partial charge >= 0.3 is 5.97 Å². The predicted octanol–water partition coefficient (Wildman–Crippen LogP) is 2.92. The second-order valence-electron chi connectivity index (χ2n) is 6.98. The highest BCUT2D eigenvalue weighted by Gasteiger charge is 2.29. The number of fused-ring (bicyclic) bond motifs is 1. The first-order chi connectivity index (χ1) is 14.3. The molecule has 2 N–H and O–H groups in total. The molecular weight excluding hydrogens is 426 g/mol. The van der Waals surface area contributed by atoms with Crippen LogP contribution in [0.25, 0.3) is 11.0 Å². The maximum absolute atomic E-state index is 12.6. The average molecular weight is 446 g/mol. The average Bonchev–Trinajstić information content (AvgIpc) is 3.35. The number of thiazole rings is 1. The molecule has 1 fully saturated rings. The summed E-state index contributed by atoms with van der Waals surface area (Å²) in [7, 11) is -3.83. The number of benzene rings is 1. The second kappa shape index (κ2) is 8.13. The minimum atomic E-state index is -3.83. The van der Waals surface area contributed by atoms with Crippen LogP contribution in [0.15, 0.2) is 46.8 Å². The van der Waals surface area contributed by atoms with E-state index in [4.69, 9.17) is 5.11 Å². The SMILES string of the molecule is O=C(O)CCNS(=O)(=O)c1ccc(C(=O)C=Cc2c(C3CC3)nc3sccn23)cc1. The van der Waals surface area contributed by atoms with E-state index in [9.17, 15) is 18.0 Å². The third-order valence-corrected chi connectivity index (χ3v) is 7.00. The number of hydrogen-bond acceptors (Lipinski definition) is 6. The Hall–Kier alpha value is -2.82. The summed E-state index contributed by atoms with van der Waals surface area (Å²) < 4.78 is 28.5. The fourth-order valence-electron chi connectivity index (χ4n) is 3.07. The van der Waals surface area contributed by atoms with E-state index in [0.717, 1.165) is 29.2 Å². The van der Waals surface area contributed by atoms with Crippen LogP contribution in [0.1, 0.15) is 46.9 Å². The highest BCUT2D eigenvalue weighted by Crippen LogP contribution is 2.42. The van der Waals surface area contributed by atoms with E-state index in [1.165, 1.54) is 30.3 Å². The maximum atomic E-state index is 12.6. The van der Waals surface area contributed by atoms with Crippen LogP contribution in [0.5, 0.6) is 0 Å². The van der Waals surface area contributed by atoms with Crippen molar-refractivity contribution in [1.29, 1.82) is 0 Å². The molecule has 0 radical (unpaired) electrons. The number of aromatic nitrogens is 2. The van der Waals surface area contributed by atoms with Crippen molar-refractivity contribution in [2.45, 2.75) is 30.1 Å². The molecule has 4 rings (SSSR count). The summed E-state index contributed by atoms with van der Waals surface area (Å²) in [6.45, 7) is -0.202. The summed E-state index contributed by atoms with van der Waals surface area (Å²) >= 11 is 1.55. The van der Waals surface area contributed by atoms with Crippen LogP contribution in [0, 0.1) is 0 Å². The number of ketones is 1. The fourth-order valence-corrected chi connectivity index (χ4v) is 4.83. The summed E-state index contributed by atoms with van der Waals surface area (Å²) in [5.74, 6) is -0.886. The van der Waals surface area contributed by atoms with Gasteiger partial charge in [0.15, 0.2) is 10.7 Å². The smallest absolute Gasteiger partial charge is 0.304 e. The number of imidazole rings is 1. The van der Waals surface area contributed by atoms with Crippen molar-refractivity contribution < 1.29 is 23.1 Å². The molecular formula is C20H19N3O5S2. The Balaban J connectivity index is 1.49. The highest BCUT2D eigenvalue weighted by molar-refractivity contribution is 7.89. The maximum Gasteiger partial charge on any atom is 0.304 e. The van der Waals surface area contributed by atoms with Gasteiger partial charge < -0.3 is 5.11 Å². The van der Waals surface area contributed by atoms with Crippen LogP contribution in [0.2, 0.25) is 0 Å². The molecule has 1 aliphatic carbocycles. The van der Waals surface area contributed by atoms with Gasteiger partial charge in [-0.05, 0) is 49.3 Å². The zero-order valence-electron chi connectivity index (χ0n) is 15.8. The van der Waals surface area contributed by atoms with Gasteiger partial charge in [0.05, 0.1) is 22.7 Å². The summed E-state index contributed by atoms with van der Waals surface area (Å²) in [6, 6.07) is 5.54. The van der Waals surface area contributed by atoms with E-state index < -0.39 is 16.0 Å². The molecule has 8 nitrogen and oxygen atoms in total. The molecule has 0 atom stereocenters. The number of aliphatic carboxylic acids is 1. The lowest BCUT2D eigenvalue weighted by atomic mass is 10.1. The molecule has 0 unspecified atom stereocenters. The molecule has 30 heavy (non-hydrogen) atoms. The monoisotopic (exact) mass is 445 g/mol. The van der Waals surface area contributed by atoms with Gasteiger partial charge in [-0.3, -0.25) is 14.0 Å². The molecule has 2 heterocycles. The standard InChI is InChI=1S/C20H19N3O5S2/c24-17(8-7-16-19(14-1-2-14)22-20-23(16)11-12-29-20)13-3-5-15(6-4-13)30(27,28)21-10-9-18(25)26/h3-8,11-12,14,21H,1-2,9-10H2,(H,25,26). The number of nitrogens with one attached hydrogen (secondary N) is 1. The lowest BCUT2D eigenvalue weighted by Gasteiger charge is -2.06. The molecule has 10 heteroatoms. The molecule has 0 saturated heterocycles. The van der Waals surface area contributed by atoms with Crippen LogP contribution in [0.3, 0.4) is 0 Å². The Kier molecular flexibility index (Phi) is 5.54. The number of sulfonamides is 1. The third kappa shape index (κ3) is 4.35. The number of hydrogen-bond donors (Lipinski definition) is 2. The lowest BCUT2D eigenvalue weighted by molar-refractivity contribution is -0.136. The predicted molar refractivity (Wildman–Crippen MR) is 112 cm³/mol. The molecule has 3 aromatic rings. The van der Waals surface area contributed by atoms with Crippen molar-refractivity contribution in [2.75, 3.05) is 6.54 Å². The van der Waals surface area contributed by atoms with Crippen molar-refractivity contribution in [2.24, 2.45) is 0 Å². The molecule has 0 amide bonds. The van der Waals surface area contributed by atoms with Gasteiger partial charge in [0.2, 0.25) is 10.0 Å². The molecule has 1 saturated carbocycles. The van der Waals surface area contributed by atoms with Crippen molar-refractivity contribution >= 4 is 44.1 Å². The van der Waals surface area contributed by atoms with Gasteiger partial charge in [-0.2, -0.15) is 0 Å². The van der Waals surface area contributed by atoms with Gasteiger partial charge in [-0.15, -0.1) is 11.3 Å². The Morgan fingerprint density at radius 3 is 2.67 bits per heavy atom. The first kappa shape index (κ1) is 20.5. The van der Waals surface area contributed by atoms with Crippen LogP contribution >= 0.6 is 11.3 Å². The zero-order valence-corrected chi connectivity index (χ0v) is 17.4. The molecule has 1 aliphatic rings. The minimum absolute atomic E-state index is 0.0276. The largest absolute Gasteiger partial charge is 0.481 e. The first-order valence-corrected chi connectivity index (χ1v) is 11.7. The minimum Gasteiger partial charge on any atom is -0.481 e. The van der Waals surface area contributed by atoms with E-state index in [1.807, 2.05) is 16.0 Å². The number of nitrogens with zero attached hydrogens (tertiary/aromatic N) is 2. The van der Waals surface area contributed by atoms with Gasteiger partial charge in [-0.25, -0.2) is 18.1 Å². The second-order valence-corrected chi connectivity index (χ2v) is 9.62. The van der Waals surface area contributed by atoms with Crippen molar-refractivity contribution in [3.05, 3.63) is 58.9 Å². The molecule has 0 spiro atoms. The Morgan fingerprint density at radius 2 is 2.00 bits per heavy atom. The fraction of sp³-hybridized carbons (Fsp3) is 0.250. The Morgan fingerprint density at radius 1 is 1.27 bits per heavy atom. The van der Waals surface area contributed by atoms with Crippen LogP contribution in [0.4, 0.5) is 0 Å². The molecule has 2 aromatic heterocycles. The van der Waals surface area contributed by atoms with E-state index >= 15 is 0 Å². The number of allylic oxidation sites excluding steroid dienone is 1. The normalized spacial score (nSPS) is 14.5. The number of carboxylic acids is 1. The van der Waals surface area contributed by atoms with Crippen molar-refractivity contribution in [1.82, 2.24) is 14.1 Å². The van der Waals surface area contributed by atoms with Gasteiger partial charge in [-0.1, -0.05) is 0 Å². The molecule has 1 aromatic carbocycles. The van der Waals surface area contributed by atoms with E-state index in [1.54, 1.807) is 17.4 Å². The number of carbonyl (C=O) groups is 2. The van der Waals surface area contributed by atoms with Crippen LogP contribution in [-0.4, -0.2) is 41.2 Å². The number of rotatable bonds is 9. The Bertz CT molecular complexity index is 1240. The number of carbonyl (C=O) groups excluding carboxylic acids is 1. The lowest BCUT2D eigenvalue weighted by Crippen LogP contribution is -2.26. The summed E-state index contributed by atoms with van der Waals surface area (Å²) in [5.41, 5.74) is 2.28. The third-order valence-electron chi connectivity index (χ3n) is 4.76.